The third kappa shape index (κ3) is 4.15. The number of thioether (sulfide) groups is 1. The van der Waals surface area contributed by atoms with Crippen LogP contribution in [0.3, 0.4) is 0 Å². The highest BCUT2D eigenvalue weighted by Crippen LogP contribution is 2.49. The van der Waals surface area contributed by atoms with E-state index in [1.165, 1.54) is 0 Å². The van der Waals surface area contributed by atoms with Crippen molar-refractivity contribution < 1.29 is 20.1 Å². The highest BCUT2D eigenvalue weighted by molar-refractivity contribution is 7.99. The number of hydrogen-bond donors (Lipinski definition) is 3. The summed E-state index contributed by atoms with van der Waals surface area (Å²) in [6.07, 6.45) is 2.73. The lowest BCUT2D eigenvalue weighted by Gasteiger charge is -2.34. The molecule has 4 rings (SSSR count). The molecule has 1 aliphatic rings. The van der Waals surface area contributed by atoms with Gasteiger partial charge in [0, 0.05) is 28.6 Å². The van der Waals surface area contributed by atoms with Crippen LogP contribution in [0.1, 0.15) is 34.1 Å². The van der Waals surface area contributed by atoms with Gasteiger partial charge in [0.2, 0.25) is 0 Å². The summed E-state index contributed by atoms with van der Waals surface area (Å²) >= 11 is 1.71. The summed E-state index contributed by atoms with van der Waals surface area (Å²) in [6.45, 7) is 0. The Morgan fingerprint density at radius 3 is 2.45 bits per heavy atom. The zero-order chi connectivity index (χ0) is 20.4. The van der Waals surface area contributed by atoms with Gasteiger partial charge < -0.3 is 15.3 Å². The van der Waals surface area contributed by atoms with Crippen LogP contribution in [-0.2, 0) is 4.79 Å². The first-order valence-electron chi connectivity index (χ1n) is 9.27. The van der Waals surface area contributed by atoms with Gasteiger partial charge in [-0.2, -0.15) is 0 Å². The summed E-state index contributed by atoms with van der Waals surface area (Å²) in [5.74, 6) is 0.565. The number of benzene rings is 3. The fourth-order valence-corrected chi connectivity index (χ4v) is 5.15. The zero-order valence-electron chi connectivity index (χ0n) is 15.5. The van der Waals surface area contributed by atoms with Crippen molar-refractivity contribution in [3.63, 3.8) is 0 Å². The zero-order valence-corrected chi connectivity index (χ0v) is 16.3. The van der Waals surface area contributed by atoms with Gasteiger partial charge in [-0.3, -0.25) is 0 Å². The number of carboxylic acid groups (broad SMARTS) is 1. The van der Waals surface area contributed by atoms with E-state index in [-0.39, 0.29) is 23.3 Å². The maximum atomic E-state index is 10.9. The van der Waals surface area contributed by atoms with E-state index in [1.807, 2.05) is 36.4 Å². The monoisotopic (exact) mass is 404 g/mol. The predicted molar refractivity (Wildman–Crippen MR) is 115 cm³/mol. The van der Waals surface area contributed by atoms with Gasteiger partial charge in [0.15, 0.2) is 0 Å². The Bertz CT molecular complexity index is 1070. The smallest absolute Gasteiger partial charge is 0.328 e. The van der Waals surface area contributed by atoms with Gasteiger partial charge in [-0.25, -0.2) is 4.79 Å². The molecule has 1 aliphatic heterocycles. The largest absolute Gasteiger partial charge is 0.508 e. The molecule has 0 radical (unpaired) electrons. The first-order valence-corrected chi connectivity index (χ1v) is 10.3. The summed E-state index contributed by atoms with van der Waals surface area (Å²) < 4.78 is 0. The number of aromatic hydroxyl groups is 2. The quantitative estimate of drug-likeness (QED) is 0.520. The molecule has 0 bridgehead atoms. The molecule has 3 N–H and O–H groups in total. The van der Waals surface area contributed by atoms with E-state index in [1.54, 1.807) is 42.1 Å². The lowest BCUT2D eigenvalue weighted by atomic mass is 9.77. The van der Waals surface area contributed by atoms with E-state index in [2.05, 4.69) is 6.07 Å². The molecule has 146 valence electrons. The van der Waals surface area contributed by atoms with Crippen LogP contribution < -0.4 is 0 Å². The van der Waals surface area contributed by atoms with Crippen LogP contribution in [0.25, 0.3) is 6.08 Å². The van der Waals surface area contributed by atoms with Crippen molar-refractivity contribution in [2.75, 3.05) is 5.75 Å². The van der Waals surface area contributed by atoms with Crippen molar-refractivity contribution >= 4 is 23.8 Å². The van der Waals surface area contributed by atoms with Crippen LogP contribution in [0.15, 0.2) is 77.7 Å². The van der Waals surface area contributed by atoms with Gasteiger partial charge in [0.1, 0.15) is 11.5 Å². The molecule has 0 unspecified atom stereocenters. The van der Waals surface area contributed by atoms with Crippen molar-refractivity contribution in [2.45, 2.75) is 16.7 Å². The second kappa shape index (κ2) is 8.05. The van der Waals surface area contributed by atoms with E-state index in [0.29, 0.717) is 0 Å². The molecule has 0 aromatic heterocycles. The van der Waals surface area contributed by atoms with Gasteiger partial charge >= 0.3 is 5.97 Å². The highest BCUT2D eigenvalue weighted by atomic mass is 32.2. The van der Waals surface area contributed by atoms with Crippen LogP contribution in [0.5, 0.6) is 11.5 Å². The van der Waals surface area contributed by atoms with Gasteiger partial charge in [0.25, 0.3) is 0 Å². The molecule has 0 saturated heterocycles. The summed E-state index contributed by atoms with van der Waals surface area (Å²) in [4.78, 5) is 11.9. The Labute approximate surface area is 173 Å². The first kappa shape index (κ1) is 19.2. The van der Waals surface area contributed by atoms with Crippen molar-refractivity contribution in [1.29, 1.82) is 0 Å². The lowest BCUT2D eigenvalue weighted by molar-refractivity contribution is -0.131. The maximum absolute atomic E-state index is 10.9. The Morgan fingerprint density at radius 1 is 0.931 bits per heavy atom. The van der Waals surface area contributed by atoms with Crippen LogP contribution in [-0.4, -0.2) is 27.0 Å². The SMILES string of the molecule is O=C(O)/C=C/c1cccc([C@@H]2c3ccc(O)cc3SC[C@@H]2c2ccc(O)cc2)c1. The Hall–Kier alpha value is -3.18. The minimum Gasteiger partial charge on any atom is -0.508 e. The molecule has 2 atom stereocenters. The molecule has 0 aliphatic carbocycles. The molecule has 29 heavy (non-hydrogen) atoms. The summed E-state index contributed by atoms with van der Waals surface area (Å²) in [5, 5.41) is 28.5. The van der Waals surface area contributed by atoms with E-state index < -0.39 is 5.97 Å². The normalized spacial score (nSPS) is 18.5. The van der Waals surface area contributed by atoms with Gasteiger partial charge in [-0.1, -0.05) is 42.5 Å². The van der Waals surface area contributed by atoms with Crippen LogP contribution in [0.4, 0.5) is 0 Å². The van der Waals surface area contributed by atoms with E-state index in [4.69, 9.17) is 5.11 Å². The molecule has 3 aromatic rings. The van der Waals surface area contributed by atoms with Crippen molar-refractivity contribution in [3.8, 4) is 11.5 Å². The predicted octanol–water partition coefficient (Wildman–Crippen LogP) is 5.22. The van der Waals surface area contributed by atoms with Crippen LogP contribution >= 0.6 is 11.8 Å². The van der Waals surface area contributed by atoms with Crippen LogP contribution in [0.2, 0.25) is 0 Å². The van der Waals surface area contributed by atoms with Gasteiger partial charge in [-0.05, 0) is 52.6 Å². The van der Waals surface area contributed by atoms with E-state index >= 15 is 0 Å². The number of aliphatic carboxylic acids is 1. The number of rotatable bonds is 4. The van der Waals surface area contributed by atoms with Gasteiger partial charge in [-0.15, -0.1) is 11.8 Å². The van der Waals surface area contributed by atoms with E-state index in [0.717, 1.165) is 39.0 Å². The first-order chi connectivity index (χ1) is 14.0. The molecule has 3 aromatic carbocycles. The molecular formula is C24H20O4S. The molecule has 1 heterocycles. The Balaban J connectivity index is 1.82. The summed E-state index contributed by atoms with van der Waals surface area (Å²) in [7, 11) is 0. The Kier molecular flexibility index (Phi) is 5.32. The summed E-state index contributed by atoms with van der Waals surface area (Å²) in [5.41, 5.74) is 4.18. The fraction of sp³-hybridized carbons (Fsp3) is 0.125. The fourth-order valence-electron chi connectivity index (χ4n) is 3.84. The molecule has 5 heteroatoms. The summed E-state index contributed by atoms with van der Waals surface area (Å²) in [6, 6.07) is 20.7. The standard InChI is InChI=1S/C24H20O4S/c25-18-7-5-16(6-8-18)21-14-29-22-13-19(26)9-10-20(22)24(21)17-3-1-2-15(12-17)4-11-23(27)28/h1-13,21,24-26H,14H2,(H,27,28)/b11-4+/t21-,24-/m1/s1. The number of carbonyl (C=O) groups is 1. The highest BCUT2D eigenvalue weighted by Gasteiger charge is 2.32. The second-order valence-electron chi connectivity index (χ2n) is 7.05. The Morgan fingerprint density at radius 2 is 1.69 bits per heavy atom. The number of fused-ring (bicyclic) bond motifs is 1. The van der Waals surface area contributed by atoms with Gasteiger partial charge in [0.05, 0.1) is 0 Å². The number of phenolic OH excluding ortho intramolecular Hbond substituents is 2. The third-order valence-electron chi connectivity index (χ3n) is 5.16. The molecular weight excluding hydrogens is 384 g/mol. The average Bonchev–Trinajstić information content (AvgIpc) is 2.72. The molecule has 0 saturated carbocycles. The van der Waals surface area contributed by atoms with Crippen LogP contribution in [0, 0.1) is 0 Å². The topological polar surface area (TPSA) is 77.8 Å². The molecule has 0 fully saturated rings. The van der Waals surface area contributed by atoms with Crippen molar-refractivity contribution in [3.05, 3.63) is 95.1 Å². The third-order valence-corrected chi connectivity index (χ3v) is 6.35. The minimum absolute atomic E-state index is 0.0505. The number of hydrogen-bond acceptors (Lipinski definition) is 4. The lowest BCUT2D eigenvalue weighted by Crippen LogP contribution is -2.20. The molecule has 4 nitrogen and oxygen atoms in total. The second-order valence-corrected chi connectivity index (χ2v) is 8.11. The number of carboxylic acids is 1. The number of phenols is 2. The van der Waals surface area contributed by atoms with E-state index in [9.17, 15) is 15.0 Å². The average molecular weight is 404 g/mol. The van der Waals surface area contributed by atoms with Crippen molar-refractivity contribution in [2.24, 2.45) is 0 Å². The maximum Gasteiger partial charge on any atom is 0.328 e. The van der Waals surface area contributed by atoms with Crippen molar-refractivity contribution in [1.82, 2.24) is 0 Å². The minimum atomic E-state index is -0.979. The molecule has 0 spiro atoms. The molecule has 0 amide bonds.